The lowest BCUT2D eigenvalue weighted by atomic mass is 9.80. The molecule has 0 N–H and O–H groups in total. The molecule has 2 rings (SSSR count). The molecule has 2 aliphatic carbocycles. The highest BCUT2D eigenvalue weighted by Gasteiger charge is 2.17. The van der Waals surface area contributed by atoms with E-state index in [0.29, 0.717) is 0 Å². The fourth-order valence-electron chi connectivity index (χ4n) is 3.11. The molecule has 124 valence electrons. The highest BCUT2D eigenvalue weighted by molar-refractivity contribution is 4.70. The zero-order valence-corrected chi connectivity index (χ0v) is 15.6. The molecule has 2 aliphatic rings. The van der Waals surface area contributed by atoms with Gasteiger partial charge >= 0.3 is 0 Å². The van der Waals surface area contributed by atoms with Crippen LogP contribution in [-0.4, -0.2) is 0 Å². The van der Waals surface area contributed by atoms with Crippen molar-refractivity contribution in [2.75, 3.05) is 0 Å². The Hall–Kier alpha value is 0. The second-order valence-electron chi connectivity index (χ2n) is 5.82. The summed E-state index contributed by atoms with van der Waals surface area (Å²) >= 11 is 0. The molecule has 0 bridgehead atoms. The molecule has 0 atom stereocenters. The Morgan fingerprint density at radius 1 is 0.500 bits per heavy atom. The summed E-state index contributed by atoms with van der Waals surface area (Å²) < 4.78 is 0. The molecule has 0 heterocycles. The molecular formula is C20H44. The molecule has 0 spiro atoms. The van der Waals surface area contributed by atoms with Gasteiger partial charge < -0.3 is 0 Å². The summed E-state index contributed by atoms with van der Waals surface area (Å²) in [5.41, 5.74) is 0. The summed E-state index contributed by atoms with van der Waals surface area (Å²) in [5.74, 6) is 2.14. The van der Waals surface area contributed by atoms with E-state index < -0.39 is 0 Å². The molecule has 20 heavy (non-hydrogen) atoms. The molecule has 0 aromatic carbocycles. The van der Waals surface area contributed by atoms with Gasteiger partial charge in [-0.05, 0) is 11.8 Å². The fraction of sp³-hybridized carbons (Fsp3) is 1.00. The summed E-state index contributed by atoms with van der Waals surface area (Å²) in [6, 6.07) is 0. The molecule has 0 radical (unpaired) electrons. The van der Waals surface area contributed by atoms with Crippen LogP contribution in [0, 0.1) is 11.8 Å². The molecule has 0 unspecified atom stereocenters. The average molecular weight is 285 g/mol. The van der Waals surface area contributed by atoms with E-state index in [1.54, 1.807) is 0 Å². The van der Waals surface area contributed by atoms with Gasteiger partial charge in [-0.3, -0.25) is 0 Å². The first-order valence-electron chi connectivity index (χ1n) is 9.86. The van der Waals surface area contributed by atoms with E-state index in [1.807, 2.05) is 27.7 Å². The van der Waals surface area contributed by atoms with Crippen LogP contribution in [0.2, 0.25) is 0 Å². The topological polar surface area (TPSA) is 0 Å². The lowest BCUT2D eigenvalue weighted by molar-refractivity contribution is 0.264. The van der Waals surface area contributed by atoms with Crippen molar-refractivity contribution in [3.63, 3.8) is 0 Å². The number of hydrogen-bond donors (Lipinski definition) is 0. The summed E-state index contributed by atoms with van der Waals surface area (Å²) in [7, 11) is 0. The van der Waals surface area contributed by atoms with Crippen LogP contribution < -0.4 is 0 Å². The Balaban J connectivity index is 0. The third-order valence-corrected chi connectivity index (χ3v) is 4.62. The predicted molar refractivity (Wildman–Crippen MR) is 96.4 cm³/mol. The van der Waals surface area contributed by atoms with Crippen LogP contribution >= 0.6 is 0 Å². The van der Waals surface area contributed by atoms with E-state index in [1.165, 1.54) is 77.0 Å². The molecule has 0 aliphatic heterocycles. The number of hydrogen-bond acceptors (Lipinski definition) is 0. The van der Waals surface area contributed by atoms with Gasteiger partial charge in [0.05, 0.1) is 0 Å². The molecule has 0 amide bonds. The third-order valence-electron chi connectivity index (χ3n) is 4.62. The second kappa shape index (κ2) is 19.0. The first kappa shape index (κ1) is 22.3. The smallest absolute Gasteiger partial charge is 0.0417 e. The zero-order chi connectivity index (χ0) is 15.6. The van der Waals surface area contributed by atoms with Gasteiger partial charge in [-0.2, -0.15) is 0 Å². The SMILES string of the molecule is C1CCCCC1.CC.CC.CCC1CCC(CC)CC1. The van der Waals surface area contributed by atoms with Gasteiger partial charge in [0.1, 0.15) is 0 Å². The van der Waals surface area contributed by atoms with Gasteiger partial charge in [-0.25, -0.2) is 0 Å². The van der Waals surface area contributed by atoms with Crippen molar-refractivity contribution < 1.29 is 0 Å². The van der Waals surface area contributed by atoms with Crippen LogP contribution in [0.5, 0.6) is 0 Å². The van der Waals surface area contributed by atoms with Crippen LogP contribution in [0.4, 0.5) is 0 Å². The minimum atomic E-state index is 1.07. The van der Waals surface area contributed by atoms with Crippen LogP contribution in [0.3, 0.4) is 0 Å². The predicted octanol–water partition coefficient (Wildman–Crippen LogP) is 8.01. The first-order valence-corrected chi connectivity index (χ1v) is 9.86. The van der Waals surface area contributed by atoms with Crippen LogP contribution in [0.1, 0.15) is 119 Å². The average Bonchev–Trinajstić information content (AvgIpc) is 2.60. The quantitative estimate of drug-likeness (QED) is 0.481. The molecule has 0 saturated heterocycles. The largest absolute Gasteiger partial charge is 0.0683 e. The van der Waals surface area contributed by atoms with E-state index in [4.69, 9.17) is 0 Å². The monoisotopic (exact) mass is 284 g/mol. The maximum atomic E-state index is 2.33. The van der Waals surface area contributed by atoms with Gasteiger partial charge in [0, 0.05) is 0 Å². The van der Waals surface area contributed by atoms with E-state index in [-0.39, 0.29) is 0 Å². The minimum absolute atomic E-state index is 1.07. The maximum Gasteiger partial charge on any atom is -0.0417 e. The fourth-order valence-corrected chi connectivity index (χ4v) is 3.11. The van der Waals surface area contributed by atoms with E-state index in [2.05, 4.69) is 13.8 Å². The Labute approximate surface area is 131 Å². The van der Waals surface area contributed by atoms with Crippen molar-refractivity contribution in [2.45, 2.75) is 119 Å². The van der Waals surface area contributed by atoms with Crippen molar-refractivity contribution in [2.24, 2.45) is 11.8 Å². The summed E-state index contributed by atoms with van der Waals surface area (Å²) in [6.07, 6.45) is 17.9. The number of rotatable bonds is 2. The van der Waals surface area contributed by atoms with Gasteiger partial charge in [0.2, 0.25) is 0 Å². The standard InChI is InChI=1S/C10H20.C6H12.2C2H6/c1-3-9-5-7-10(4-2)8-6-9;1-2-4-6-5-3-1;2*1-2/h9-10H,3-8H2,1-2H3;1-6H2;2*1-2H3. The molecule has 0 heteroatoms. The highest BCUT2D eigenvalue weighted by atomic mass is 14.2. The summed E-state index contributed by atoms with van der Waals surface area (Å²) in [6.45, 7) is 12.7. The lowest BCUT2D eigenvalue weighted by Crippen LogP contribution is -2.12. The van der Waals surface area contributed by atoms with Gasteiger partial charge in [-0.1, -0.05) is 119 Å². The normalized spacial score (nSPS) is 24.9. The van der Waals surface area contributed by atoms with Gasteiger partial charge in [0.15, 0.2) is 0 Å². The zero-order valence-electron chi connectivity index (χ0n) is 15.6. The van der Waals surface area contributed by atoms with Gasteiger partial charge in [0.25, 0.3) is 0 Å². The van der Waals surface area contributed by atoms with Crippen molar-refractivity contribution in [1.82, 2.24) is 0 Å². The van der Waals surface area contributed by atoms with Crippen molar-refractivity contribution in [1.29, 1.82) is 0 Å². The summed E-state index contributed by atoms with van der Waals surface area (Å²) in [5, 5.41) is 0. The Kier molecular flexibility index (Phi) is 21.2. The molecule has 2 fully saturated rings. The van der Waals surface area contributed by atoms with Crippen LogP contribution in [-0.2, 0) is 0 Å². The van der Waals surface area contributed by atoms with Crippen LogP contribution in [0.25, 0.3) is 0 Å². The first-order chi connectivity index (χ1) is 9.86. The molecule has 0 nitrogen and oxygen atoms in total. The molecule has 2 saturated carbocycles. The molecule has 0 aromatic heterocycles. The maximum absolute atomic E-state index is 2.33. The Morgan fingerprint density at radius 3 is 0.850 bits per heavy atom. The Morgan fingerprint density at radius 2 is 0.700 bits per heavy atom. The van der Waals surface area contributed by atoms with Crippen molar-refractivity contribution in [3.8, 4) is 0 Å². The molecule has 0 aromatic rings. The Bertz CT molecular complexity index is 115. The van der Waals surface area contributed by atoms with E-state index in [0.717, 1.165) is 11.8 Å². The molecular weight excluding hydrogens is 240 g/mol. The van der Waals surface area contributed by atoms with Crippen molar-refractivity contribution >= 4 is 0 Å². The minimum Gasteiger partial charge on any atom is -0.0683 e. The van der Waals surface area contributed by atoms with Crippen LogP contribution in [0.15, 0.2) is 0 Å². The summed E-state index contributed by atoms with van der Waals surface area (Å²) in [4.78, 5) is 0. The van der Waals surface area contributed by atoms with E-state index in [9.17, 15) is 0 Å². The van der Waals surface area contributed by atoms with E-state index >= 15 is 0 Å². The van der Waals surface area contributed by atoms with Crippen molar-refractivity contribution in [3.05, 3.63) is 0 Å². The highest BCUT2D eigenvalue weighted by Crippen LogP contribution is 2.31. The third kappa shape index (κ3) is 13.0. The second-order valence-corrected chi connectivity index (χ2v) is 5.82. The van der Waals surface area contributed by atoms with Gasteiger partial charge in [-0.15, -0.1) is 0 Å². The lowest BCUT2D eigenvalue weighted by Gasteiger charge is -2.26.